The van der Waals surface area contributed by atoms with Crippen molar-refractivity contribution in [1.82, 2.24) is 15.2 Å². The fourth-order valence-corrected chi connectivity index (χ4v) is 1.05. The van der Waals surface area contributed by atoms with Gasteiger partial charge in [-0.15, -0.1) is 10.2 Å². The van der Waals surface area contributed by atoms with Gasteiger partial charge in [-0.25, -0.2) is 4.98 Å². The number of aryl methyl sites for hydroxylation is 1. The standard InChI is InChI=1S/C8H7N3/c1-6-3-2-4-7-8(6)11-10-5-9-7/h2-5H,1H3. The Morgan fingerprint density at radius 3 is 3.00 bits per heavy atom. The highest BCUT2D eigenvalue weighted by Crippen LogP contribution is 2.10. The van der Waals surface area contributed by atoms with Crippen molar-refractivity contribution in [3.63, 3.8) is 0 Å². The van der Waals surface area contributed by atoms with Crippen LogP contribution in [-0.2, 0) is 0 Å². The van der Waals surface area contributed by atoms with Gasteiger partial charge in [0.05, 0.1) is 5.52 Å². The lowest BCUT2D eigenvalue weighted by Crippen LogP contribution is -1.88. The molecular weight excluding hydrogens is 138 g/mol. The van der Waals surface area contributed by atoms with Crippen LogP contribution in [0.1, 0.15) is 5.56 Å². The number of rotatable bonds is 0. The predicted molar refractivity (Wildman–Crippen MR) is 42.1 cm³/mol. The Bertz CT molecular complexity index is 378. The van der Waals surface area contributed by atoms with Crippen molar-refractivity contribution in [3.05, 3.63) is 30.1 Å². The second kappa shape index (κ2) is 2.27. The number of benzene rings is 1. The van der Waals surface area contributed by atoms with E-state index in [0.29, 0.717) is 0 Å². The average molecular weight is 145 g/mol. The summed E-state index contributed by atoms with van der Waals surface area (Å²) in [4.78, 5) is 4.07. The van der Waals surface area contributed by atoms with E-state index in [1.807, 2.05) is 25.1 Å². The van der Waals surface area contributed by atoms with Gasteiger partial charge in [0.1, 0.15) is 11.8 Å². The van der Waals surface area contributed by atoms with Crippen molar-refractivity contribution >= 4 is 11.0 Å². The van der Waals surface area contributed by atoms with Crippen LogP contribution in [0.15, 0.2) is 24.5 Å². The maximum Gasteiger partial charge on any atom is 0.138 e. The van der Waals surface area contributed by atoms with Gasteiger partial charge in [0, 0.05) is 0 Å². The molecule has 0 saturated heterocycles. The summed E-state index contributed by atoms with van der Waals surface area (Å²) in [7, 11) is 0. The molecule has 1 aromatic carbocycles. The van der Waals surface area contributed by atoms with Gasteiger partial charge in [0.2, 0.25) is 0 Å². The number of hydrogen-bond donors (Lipinski definition) is 0. The molecule has 0 atom stereocenters. The van der Waals surface area contributed by atoms with Crippen LogP contribution in [0.4, 0.5) is 0 Å². The molecule has 1 heterocycles. The van der Waals surface area contributed by atoms with E-state index in [1.165, 1.54) is 6.33 Å². The zero-order chi connectivity index (χ0) is 7.68. The molecule has 0 aliphatic heterocycles. The minimum Gasteiger partial charge on any atom is -0.233 e. The average Bonchev–Trinajstić information content (AvgIpc) is 2.06. The Kier molecular flexibility index (Phi) is 1.28. The lowest BCUT2D eigenvalue weighted by Gasteiger charge is -1.95. The number of fused-ring (bicyclic) bond motifs is 1. The van der Waals surface area contributed by atoms with Crippen LogP contribution < -0.4 is 0 Å². The Balaban J connectivity index is 2.91. The number of aromatic nitrogens is 3. The normalized spacial score (nSPS) is 10.3. The Labute approximate surface area is 64.1 Å². The van der Waals surface area contributed by atoms with E-state index in [2.05, 4.69) is 15.2 Å². The molecule has 2 rings (SSSR count). The van der Waals surface area contributed by atoms with Gasteiger partial charge in [-0.05, 0) is 18.6 Å². The van der Waals surface area contributed by atoms with Gasteiger partial charge >= 0.3 is 0 Å². The molecule has 0 fully saturated rings. The molecule has 0 aliphatic carbocycles. The monoisotopic (exact) mass is 145 g/mol. The molecule has 0 N–H and O–H groups in total. The maximum atomic E-state index is 4.07. The highest BCUT2D eigenvalue weighted by atomic mass is 15.1. The first-order valence-corrected chi connectivity index (χ1v) is 3.41. The summed E-state index contributed by atoms with van der Waals surface area (Å²) in [5.41, 5.74) is 2.90. The molecule has 3 heteroatoms. The van der Waals surface area contributed by atoms with Crippen molar-refractivity contribution in [1.29, 1.82) is 0 Å². The number of hydrogen-bond acceptors (Lipinski definition) is 3. The molecule has 2 aromatic rings. The Morgan fingerprint density at radius 2 is 2.18 bits per heavy atom. The fourth-order valence-electron chi connectivity index (χ4n) is 1.05. The van der Waals surface area contributed by atoms with Crippen LogP contribution in [0, 0.1) is 6.92 Å². The maximum absolute atomic E-state index is 4.07. The highest BCUT2D eigenvalue weighted by molar-refractivity contribution is 5.76. The van der Waals surface area contributed by atoms with Gasteiger partial charge < -0.3 is 0 Å². The summed E-state index contributed by atoms with van der Waals surface area (Å²) < 4.78 is 0. The van der Waals surface area contributed by atoms with Gasteiger partial charge in [0.25, 0.3) is 0 Å². The summed E-state index contributed by atoms with van der Waals surface area (Å²) in [6, 6.07) is 5.89. The molecule has 1 aromatic heterocycles. The summed E-state index contributed by atoms with van der Waals surface area (Å²) in [6.45, 7) is 2.00. The van der Waals surface area contributed by atoms with Crippen LogP contribution in [0.3, 0.4) is 0 Å². The molecule has 0 unspecified atom stereocenters. The molecule has 0 radical (unpaired) electrons. The smallest absolute Gasteiger partial charge is 0.138 e. The minimum atomic E-state index is 0.884. The highest BCUT2D eigenvalue weighted by Gasteiger charge is 1.96. The molecule has 11 heavy (non-hydrogen) atoms. The minimum absolute atomic E-state index is 0.884. The second-order valence-corrected chi connectivity index (χ2v) is 2.40. The molecule has 54 valence electrons. The van der Waals surface area contributed by atoms with Gasteiger partial charge in [-0.2, -0.15) is 0 Å². The largest absolute Gasteiger partial charge is 0.233 e. The summed E-state index contributed by atoms with van der Waals surface area (Å²) in [5, 5.41) is 7.68. The van der Waals surface area contributed by atoms with E-state index in [1.54, 1.807) is 0 Å². The van der Waals surface area contributed by atoms with Gasteiger partial charge in [-0.3, -0.25) is 0 Å². The van der Waals surface area contributed by atoms with E-state index in [0.717, 1.165) is 16.6 Å². The quantitative estimate of drug-likeness (QED) is 0.561. The lowest BCUT2D eigenvalue weighted by molar-refractivity contribution is 1.02. The summed E-state index contributed by atoms with van der Waals surface area (Å²) >= 11 is 0. The first-order chi connectivity index (χ1) is 5.38. The molecular formula is C8H7N3. The van der Waals surface area contributed by atoms with Crippen LogP contribution >= 0.6 is 0 Å². The zero-order valence-corrected chi connectivity index (χ0v) is 6.15. The van der Waals surface area contributed by atoms with E-state index >= 15 is 0 Å². The van der Waals surface area contributed by atoms with Crippen LogP contribution in [0.25, 0.3) is 11.0 Å². The van der Waals surface area contributed by atoms with Crippen LogP contribution in [0.2, 0.25) is 0 Å². The van der Waals surface area contributed by atoms with Crippen molar-refractivity contribution in [2.24, 2.45) is 0 Å². The molecule has 0 saturated carbocycles. The van der Waals surface area contributed by atoms with E-state index in [9.17, 15) is 0 Å². The van der Waals surface area contributed by atoms with E-state index in [-0.39, 0.29) is 0 Å². The van der Waals surface area contributed by atoms with Crippen LogP contribution in [-0.4, -0.2) is 15.2 Å². The topological polar surface area (TPSA) is 38.7 Å². The number of nitrogens with zero attached hydrogens (tertiary/aromatic N) is 3. The Morgan fingerprint density at radius 1 is 1.27 bits per heavy atom. The Hall–Kier alpha value is -1.51. The first kappa shape index (κ1) is 6.22. The third-order valence-electron chi connectivity index (χ3n) is 1.62. The van der Waals surface area contributed by atoms with Crippen molar-refractivity contribution < 1.29 is 0 Å². The lowest BCUT2D eigenvalue weighted by atomic mass is 10.2. The molecule has 0 aliphatic rings. The van der Waals surface area contributed by atoms with E-state index < -0.39 is 0 Å². The zero-order valence-electron chi connectivity index (χ0n) is 6.15. The fraction of sp³-hybridized carbons (Fsp3) is 0.125. The van der Waals surface area contributed by atoms with Gasteiger partial charge in [0.15, 0.2) is 0 Å². The third-order valence-corrected chi connectivity index (χ3v) is 1.62. The molecule has 0 spiro atoms. The summed E-state index contributed by atoms with van der Waals surface area (Å²) in [6.07, 6.45) is 1.46. The van der Waals surface area contributed by atoms with Crippen molar-refractivity contribution in [3.8, 4) is 0 Å². The molecule has 0 amide bonds. The SMILES string of the molecule is Cc1cccc2ncnnc12. The predicted octanol–water partition coefficient (Wildman–Crippen LogP) is 1.33. The molecule has 3 nitrogen and oxygen atoms in total. The first-order valence-electron chi connectivity index (χ1n) is 3.41. The summed E-state index contributed by atoms with van der Waals surface area (Å²) in [5.74, 6) is 0. The van der Waals surface area contributed by atoms with Crippen molar-refractivity contribution in [2.45, 2.75) is 6.92 Å². The second-order valence-electron chi connectivity index (χ2n) is 2.40. The van der Waals surface area contributed by atoms with Crippen LogP contribution in [0.5, 0.6) is 0 Å². The van der Waals surface area contributed by atoms with Gasteiger partial charge in [-0.1, -0.05) is 12.1 Å². The van der Waals surface area contributed by atoms with E-state index in [4.69, 9.17) is 0 Å². The third kappa shape index (κ3) is 0.941. The molecule has 0 bridgehead atoms. The van der Waals surface area contributed by atoms with Crippen molar-refractivity contribution in [2.75, 3.05) is 0 Å².